The number of hydrogen-bond acceptors (Lipinski definition) is 3. The molecule has 1 aromatic heterocycles. The maximum absolute atomic E-state index is 4.53. The van der Waals surface area contributed by atoms with Crippen molar-refractivity contribution in [1.82, 2.24) is 4.98 Å². The van der Waals surface area contributed by atoms with Gasteiger partial charge in [-0.3, -0.25) is 0 Å². The molecule has 2 aromatic rings. The van der Waals surface area contributed by atoms with Gasteiger partial charge in [-0.2, -0.15) is 0 Å². The van der Waals surface area contributed by atoms with Crippen molar-refractivity contribution < 1.29 is 0 Å². The van der Waals surface area contributed by atoms with Gasteiger partial charge in [-0.25, -0.2) is 4.98 Å². The fraction of sp³-hybridized carbons (Fsp3) is 0.400. The molecule has 2 rings (SSSR count). The molecule has 3 heteroatoms. The van der Waals surface area contributed by atoms with Gasteiger partial charge in [0, 0.05) is 22.7 Å². The van der Waals surface area contributed by atoms with Crippen LogP contribution in [0.3, 0.4) is 0 Å². The summed E-state index contributed by atoms with van der Waals surface area (Å²) in [6.45, 7) is 6.48. The fourth-order valence-corrected chi connectivity index (χ4v) is 2.68. The standard InChI is InChI=1S/C15H20N2S/c1-4-6-11(2)16-14-8-5-7-13(9-14)15-10-18-12(3)17-15/h5,7-11,16H,4,6H2,1-3H3. The Labute approximate surface area is 113 Å². The lowest BCUT2D eigenvalue weighted by Crippen LogP contribution is -2.14. The molecule has 0 fully saturated rings. The van der Waals surface area contributed by atoms with Crippen molar-refractivity contribution in [1.29, 1.82) is 0 Å². The molecule has 0 aliphatic rings. The zero-order valence-corrected chi connectivity index (χ0v) is 12.1. The summed E-state index contributed by atoms with van der Waals surface area (Å²) < 4.78 is 0. The van der Waals surface area contributed by atoms with Crippen LogP contribution in [0, 0.1) is 6.92 Å². The van der Waals surface area contributed by atoms with Gasteiger partial charge in [-0.05, 0) is 32.4 Å². The normalized spacial score (nSPS) is 12.4. The number of hydrogen-bond donors (Lipinski definition) is 1. The number of anilines is 1. The number of thiazole rings is 1. The second-order valence-electron chi connectivity index (χ2n) is 4.67. The first kappa shape index (κ1) is 13.1. The van der Waals surface area contributed by atoms with Crippen LogP contribution in [0.5, 0.6) is 0 Å². The highest BCUT2D eigenvalue weighted by atomic mass is 32.1. The van der Waals surface area contributed by atoms with Crippen LogP contribution in [0.2, 0.25) is 0 Å². The molecule has 0 amide bonds. The molecule has 0 radical (unpaired) electrons. The Hall–Kier alpha value is -1.35. The second kappa shape index (κ2) is 6.01. The molecule has 2 nitrogen and oxygen atoms in total. The Bertz CT molecular complexity index is 505. The maximum atomic E-state index is 4.53. The molecule has 18 heavy (non-hydrogen) atoms. The second-order valence-corrected chi connectivity index (χ2v) is 5.73. The minimum atomic E-state index is 0.516. The van der Waals surface area contributed by atoms with E-state index in [4.69, 9.17) is 0 Å². The summed E-state index contributed by atoms with van der Waals surface area (Å²) in [5.41, 5.74) is 3.44. The predicted molar refractivity (Wildman–Crippen MR) is 80.3 cm³/mol. The summed E-state index contributed by atoms with van der Waals surface area (Å²) in [5, 5.41) is 6.76. The molecule has 0 aliphatic heterocycles. The molecule has 0 saturated carbocycles. The van der Waals surface area contributed by atoms with E-state index in [-0.39, 0.29) is 0 Å². The van der Waals surface area contributed by atoms with Crippen LogP contribution in [0.25, 0.3) is 11.3 Å². The number of aromatic nitrogens is 1. The SMILES string of the molecule is CCCC(C)Nc1cccc(-c2csc(C)n2)c1. The van der Waals surface area contributed by atoms with E-state index in [0.717, 1.165) is 10.7 Å². The van der Waals surface area contributed by atoms with Crippen molar-refractivity contribution >= 4 is 17.0 Å². The first-order valence-electron chi connectivity index (χ1n) is 6.48. The van der Waals surface area contributed by atoms with Crippen LogP contribution >= 0.6 is 11.3 Å². The van der Waals surface area contributed by atoms with Gasteiger partial charge in [-0.15, -0.1) is 11.3 Å². The average molecular weight is 260 g/mol. The molecular weight excluding hydrogens is 240 g/mol. The topological polar surface area (TPSA) is 24.9 Å². The quantitative estimate of drug-likeness (QED) is 0.841. The van der Waals surface area contributed by atoms with Crippen molar-refractivity contribution in [3.8, 4) is 11.3 Å². The van der Waals surface area contributed by atoms with Crippen molar-refractivity contribution in [3.63, 3.8) is 0 Å². The number of rotatable bonds is 5. The Morgan fingerprint density at radius 2 is 2.22 bits per heavy atom. The lowest BCUT2D eigenvalue weighted by atomic mass is 10.1. The van der Waals surface area contributed by atoms with E-state index in [9.17, 15) is 0 Å². The van der Waals surface area contributed by atoms with Crippen molar-refractivity contribution in [2.75, 3.05) is 5.32 Å². The first-order chi connectivity index (χ1) is 8.69. The largest absolute Gasteiger partial charge is 0.383 e. The van der Waals surface area contributed by atoms with Gasteiger partial charge >= 0.3 is 0 Å². The number of nitrogens with zero attached hydrogens (tertiary/aromatic N) is 1. The molecule has 0 bridgehead atoms. The van der Waals surface area contributed by atoms with Crippen LogP contribution in [0.4, 0.5) is 5.69 Å². The third kappa shape index (κ3) is 3.33. The van der Waals surface area contributed by atoms with Crippen LogP contribution in [0.15, 0.2) is 29.6 Å². The Morgan fingerprint density at radius 1 is 1.39 bits per heavy atom. The fourth-order valence-electron chi connectivity index (χ4n) is 2.05. The summed E-state index contributed by atoms with van der Waals surface area (Å²) in [4.78, 5) is 4.53. The molecule has 0 aliphatic carbocycles. The van der Waals surface area contributed by atoms with Crippen molar-refractivity contribution in [2.45, 2.75) is 39.7 Å². The van der Waals surface area contributed by atoms with E-state index in [1.165, 1.54) is 24.1 Å². The zero-order valence-electron chi connectivity index (χ0n) is 11.2. The minimum absolute atomic E-state index is 0.516. The lowest BCUT2D eigenvalue weighted by molar-refractivity contribution is 0.690. The number of aryl methyl sites for hydroxylation is 1. The molecule has 0 spiro atoms. The molecule has 1 atom stereocenters. The molecule has 0 saturated heterocycles. The molecule has 1 N–H and O–H groups in total. The Balaban J connectivity index is 2.15. The van der Waals surface area contributed by atoms with Gasteiger partial charge in [0.15, 0.2) is 0 Å². The van der Waals surface area contributed by atoms with E-state index < -0.39 is 0 Å². The van der Waals surface area contributed by atoms with E-state index in [1.54, 1.807) is 11.3 Å². The number of benzene rings is 1. The summed E-state index contributed by atoms with van der Waals surface area (Å²) >= 11 is 1.70. The maximum Gasteiger partial charge on any atom is 0.0901 e. The molecule has 1 aromatic carbocycles. The average Bonchev–Trinajstić information content (AvgIpc) is 2.76. The third-order valence-corrected chi connectivity index (χ3v) is 3.69. The van der Waals surface area contributed by atoms with E-state index in [2.05, 4.69) is 53.8 Å². The van der Waals surface area contributed by atoms with Crippen LogP contribution < -0.4 is 5.32 Å². The smallest absolute Gasteiger partial charge is 0.0901 e. The Morgan fingerprint density at radius 3 is 2.89 bits per heavy atom. The van der Waals surface area contributed by atoms with Crippen LogP contribution in [0.1, 0.15) is 31.7 Å². The van der Waals surface area contributed by atoms with Gasteiger partial charge in [0.05, 0.1) is 10.7 Å². The van der Waals surface area contributed by atoms with Gasteiger partial charge in [0.2, 0.25) is 0 Å². The third-order valence-electron chi connectivity index (χ3n) is 2.91. The lowest BCUT2D eigenvalue weighted by Gasteiger charge is -2.14. The molecular formula is C15H20N2S. The monoisotopic (exact) mass is 260 g/mol. The Kier molecular flexibility index (Phi) is 4.37. The predicted octanol–water partition coefficient (Wildman–Crippen LogP) is 4.72. The molecule has 1 unspecified atom stereocenters. The summed E-state index contributed by atoms with van der Waals surface area (Å²) in [6.07, 6.45) is 2.40. The van der Waals surface area contributed by atoms with Crippen LogP contribution in [-0.2, 0) is 0 Å². The molecule has 1 heterocycles. The van der Waals surface area contributed by atoms with E-state index >= 15 is 0 Å². The summed E-state index contributed by atoms with van der Waals surface area (Å²) in [6, 6.07) is 9.02. The van der Waals surface area contributed by atoms with Gasteiger partial charge in [-0.1, -0.05) is 25.5 Å². The highest BCUT2D eigenvalue weighted by Crippen LogP contribution is 2.24. The van der Waals surface area contributed by atoms with E-state index in [0.29, 0.717) is 6.04 Å². The summed E-state index contributed by atoms with van der Waals surface area (Å²) in [7, 11) is 0. The minimum Gasteiger partial charge on any atom is -0.383 e. The van der Waals surface area contributed by atoms with E-state index in [1.807, 2.05) is 6.92 Å². The highest BCUT2D eigenvalue weighted by molar-refractivity contribution is 7.09. The first-order valence-corrected chi connectivity index (χ1v) is 7.36. The van der Waals surface area contributed by atoms with Crippen molar-refractivity contribution in [2.24, 2.45) is 0 Å². The van der Waals surface area contributed by atoms with Crippen LogP contribution in [-0.4, -0.2) is 11.0 Å². The van der Waals surface area contributed by atoms with Gasteiger partial charge in [0.1, 0.15) is 0 Å². The zero-order chi connectivity index (χ0) is 13.0. The van der Waals surface area contributed by atoms with Crippen molar-refractivity contribution in [3.05, 3.63) is 34.7 Å². The number of nitrogens with one attached hydrogen (secondary N) is 1. The molecule has 96 valence electrons. The van der Waals surface area contributed by atoms with Gasteiger partial charge < -0.3 is 5.32 Å². The highest BCUT2D eigenvalue weighted by Gasteiger charge is 2.04. The van der Waals surface area contributed by atoms with Gasteiger partial charge in [0.25, 0.3) is 0 Å². The summed E-state index contributed by atoms with van der Waals surface area (Å²) in [5.74, 6) is 0.